The van der Waals surface area contributed by atoms with Crippen molar-refractivity contribution in [3.63, 3.8) is 0 Å². The third kappa shape index (κ3) is 5.53. The Kier molecular flexibility index (Phi) is 6.98. The number of amides is 1. The average molecular weight is 457 g/mol. The van der Waals surface area contributed by atoms with E-state index in [4.69, 9.17) is 0 Å². The van der Waals surface area contributed by atoms with Gasteiger partial charge in [0, 0.05) is 24.1 Å². The van der Waals surface area contributed by atoms with Crippen LogP contribution in [0.15, 0.2) is 55.1 Å². The zero-order chi connectivity index (χ0) is 23.2. The van der Waals surface area contributed by atoms with Crippen molar-refractivity contribution in [3.05, 3.63) is 66.2 Å². The molecular weight excluding hydrogens is 424 g/mol. The Morgan fingerprint density at radius 3 is 2.21 bits per heavy atom. The molecule has 0 radical (unpaired) electrons. The van der Waals surface area contributed by atoms with E-state index in [1.165, 1.54) is 50.5 Å². The molecule has 2 fully saturated rings. The topological polar surface area (TPSA) is 91.8 Å². The lowest BCUT2D eigenvalue weighted by Gasteiger charge is -2.22. The summed E-state index contributed by atoms with van der Waals surface area (Å²) in [6.45, 7) is 0. The quantitative estimate of drug-likeness (QED) is 0.399. The third-order valence-corrected chi connectivity index (χ3v) is 6.93. The first-order valence-corrected chi connectivity index (χ1v) is 12.5. The summed E-state index contributed by atoms with van der Waals surface area (Å²) in [4.78, 5) is 25.8. The highest BCUT2D eigenvalue weighted by molar-refractivity contribution is 6.00. The van der Waals surface area contributed by atoms with Crippen LogP contribution in [0.5, 0.6) is 0 Å². The smallest absolute Gasteiger partial charge is 0.255 e. The third-order valence-electron chi connectivity index (χ3n) is 6.93. The number of nitrogens with one attached hydrogen (secondary N) is 3. The molecule has 7 nitrogen and oxygen atoms in total. The maximum atomic E-state index is 12.8. The van der Waals surface area contributed by atoms with Crippen molar-refractivity contribution in [3.8, 4) is 0 Å². The summed E-state index contributed by atoms with van der Waals surface area (Å²) >= 11 is 0. The van der Waals surface area contributed by atoms with Crippen LogP contribution in [-0.4, -0.2) is 26.9 Å². The summed E-state index contributed by atoms with van der Waals surface area (Å²) in [6.07, 6.45) is 17.8. The second-order valence-corrected chi connectivity index (χ2v) is 9.38. The van der Waals surface area contributed by atoms with Gasteiger partial charge in [0.15, 0.2) is 0 Å². The lowest BCUT2D eigenvalue weighted by Crippen LogP contribution is -2.33. The highest BCUT2D eigenvalue weighted by Gasteiger charge is 2.20. The largest absolute Gasteiger partial charge is 0.352 e. The number of carbonyl (C=O) groups is 1. The van der Waals surface area contributed by atoms with Crippen LogP contribution in [0, 0.1) is 0 Å². The van der Waals surface area contributed by atoms with Gasteiger partial charge < -0.3 is 16.0 Å². The van der Waals surface area contributed by atoms with E-state index in [0.29, 0.717) is 28.8 Å². The lowest BCUT2D eigenvalue weighted by atomic mass is 9.84. The second-order valence-electron chi connectivity index (χ2n) is 9.38. The Hall–Kier alpha value is -3.48. The second kappa shape index (κ2) is 10.6. The molecular formula is C27H32N6O. The molecule has 0 aliphatic heterocycles. The standard InChI is InChI=1S/C27H32N6O/c34-26(32-21-8-4-5-9-21)24-18-28-15-14-25(24)31-23-16-29-27(30-17-23)33-22-12-10-20(11-13-22)19-6-2-1-3-7-19/h10-19,21H,1-9H2,(H,28,31)(H,32,34)(H,29,30,33). The number of carbonyl (C=O) groups excluding carboxylic acids is 1. The minimum absolute atomic E-state index is 0.0987. The molecule has 2 aromatic heterocycles. The van der Waals surface area contributed by atoms with Crippen molar-refractivity contribution < 1.29 is 4.79 Å². The van der Waals surface area contributed by atoms with Crippen molar-refractivity contribution in [2.45, 2.75) is 69.7 Å². The van der Waals surface area contributed by atoms with E-state index in [0.717, 1.165) is 18.5 Å². The van der Waals surface area contributed by atoms with Crippen LogP contribution in [0.4, 0.5) is 23.0 Å². The number of benzene rings is 1. The minimum atomic E-state index is -0.0987. The first kappa shape index (κ1) is 22.3. The molecule has 3 aromatic rings. The molecule has 2 aliphatic carbocycles. The van der Waals surface area contributed by atoms with Gasteiger partial charge in [0.1, 0.15) is 0 Å². The zero-order valence-electron chi connectivity index (χ0n) is 19.5. The number of hydrogen-bond acceptors (Lipinski definition) is 6. The van der Waals surface area contributed by atoms with E-state index in [1.54, 1.807) is 30.9 Å². The normalized spacial score (nSPS) is 16.8. The molecule has 5 rings (SSSR count). The van der Waals surface area contributed by atoms with Crippen LogP contribution in [0.25, 0.3) is 0 Å². The summed E-state index contributed by atoms with van der Waals surface area (Å²) in [5.74, 6) is 1.13. The zero-order valence-corrected chi connectivity index (χ0v) is 19.5. The highest BCUT2D eigenvalue weighted by Crippen LogP contribution is 2.33. The van der Waals surface area contributed by atoms with Gasteiger partial charge in [-0.3, -0.25) is 9.78 Å². The maximum Gasteiger partial charge on any atom is 0.255 e. The van der Waals surface area contributed by atoms with Crippen LogP contribution in [-0.2, 0) is 0 Å². The van der Waals surface area contributed by atoms with Crippen LogP contribution in [0.2, 0.25) is 0 Å². The predicted octanol–water partition coefficient (Wildman–Crippen LogP) is 6.08. The van der Waals surface area contributed by atoms with Crippen molar-refractivity contribution >= 4 is 28.9 Å². The molecule has 0 unspecified atom stereocenters. The van der Waals surface area contributed by atoms with Gasteiger partial charge in [-0.05, 0) is 55.4 Å². The fraction of sp³-hybridized carbons (Fsp3) is 0.407. The summed E-state index contributed by atoms with van der Waals surface area (Å²) < 4.78 is 0. The summed E-state index contributed by atoms with van der Waals surface area (Å²) in [6, 6.07) is 10.7. The van der Waals surface area contributed by atoms with Gasteiger partial charge in [0.05, 0.1) is 29.3 Å². The average Bonchev–Trinajstić information content (AvgIpc) is 3.40. The van der Waals surface area contributed by atoms with Gasteiger partial charge in [0.2, 0.25) is 5.95 Å². The van der Waals surface area contributed by atoms with Gasteiger partial charge in [-0.25, -0.2) is 9.97 Å². The predicted molar refractivity (Wildman–Crippen MR) is 135 cm³/mol. The van der Waals surface area contributed by atoms with E-state index >= 15 is 0 Å². The van der Waals surface area contributed by atoms with Crippen molar-refractivity contribution in [1.82, 2.24) is 20.3 Å². The summed E-state index contributed by atoms with van der Waals surface area (Å²) in [5, 5.41) is 9.65. The Morgan fingerprint density at radius 1 is 0.765 bits per heavy atom. The molecule has 2 saturated carbocycles. The molecule has 0 atom stereocenters. The highest BCUT2D eigenvalue weighted by atomic mass is 16.1. The Labute approximate surface area is 200 Å². The van der Waals surface area contributed by atoms with Crippen LogP contribution >= 0.6 is 0 Å². The maximum absolute atomic E-state index is 12.8. The van der Waals surface area contributed by atoms with E-state index < -0.39 is 0 Å². The number of hydrogen-bond donors (Lipinski definition) is 3. The van der Waals surface area contributed by atoms with Crippen LogP contribution < -0.4 is 16.0 Å². The molecule has 7 heteroatoms. The fourth-order valence-electron chi connectivity index (χ4n) is 5.03. The minimum Gasteiger partial charge on any atom is -0.352 e. The molecule has 0 spiro atoms. The van der Waals surface area contributed by atoms with Crippen molar-refractivity contribution in [1.29, 1.82) is 0 Å². The molecule has 2 heterocycles. The monoisotopic (exact) mass is 456 g/mol. The summed E-state index contributed by atoms with van der Waals surface area (Å²) in [5.41, 5.74) is 4.32. The number of pyridine rings is 1. The van der Waals surface area contributed by atoms with Crippen LogP contribution in [0.1, 0.15) is 79.6 Å². The van der Waals surface area contributed by atoms with Gasteiger partial charge in [-0.15, -0.1) is 0 Å². The fourth-order valence-corrected chi connectivity index (χ4v) is 5.03. The molecule has 3 N–H and O–H groups in total. The van der Waals surface area contributed by atoms with Crippen LogP contribution in [0.3, 0.4) is 0 Å². The van der Waals surface area contributed by atoms with Crippen molar-refractivity contribution in [2.75, 3.05) is 10.6 Å². The Morgan fingerprint density at radius 2 is 1.47 bits per heavy atom. The molecule has 0 bridgehead atoms. The first-order valence-electron chi connectivity index (χ1n) is 12.5. The van der Waals surface area contributed by atoms with Gasteiger partial charge >= 0.3 is 0 Å². The number of nitrogens with zero attached hydrogens (tertiary/aromatic N) is 3. The first-order chi connectivity index (χ1) is 16.7. The summed E-state index contributed by atoms with van der Waals surface area (Å²) in [7, 11) is 0. The molecule has 0 saturated heterocycles. The van der Waals surface area contributed by atoms with E-state index in [1.807, 2.05) is 0 Å². The number of aromatic nitrogens is 3. The molecule has 2 aliphatic rings. The Balaban J connectivity index is 1.21. The van der Waals surface area contributed by atoms with Gasteiger partial charge in [-0.2, -0.15) is 0 Å². The van der Waals surface area contributed by atoms with Gasteiger partial charge in [0.25, 0.3) is 5.91 Å². The molecule has 1 aromatic carbocycles. The number of anilines is 4. The Bertz CT molecular complexity index is 1090. The number of rotatable bonds is 7. The molecule has 176 valence electrons. The lowest BCUT2D eigenvalue weighted by molar-refractivity contribution is 0.0938. The molecule has 1 amide bonds. The SMILES string of the molecule is O=C(NC1CCCC1)c1cnccc1Nc1cnc(Nc2ccc(C3CCCCC3)cc2)nc1. The van der Waals surface area contributed by atoms with E-state index in [2.05, 4.69) is 55.2 Å². The molecule has 34 heavy (non-hydrogen) atoms. The van der Waals surface area contributed by atoms with E-state index in [9.17, 15) is 4.79 Å². The van der Waals surface area contributed by atoms with Gasteiger partial charge in [-0.1, -0.05) is 44.2 Å². The van der Waals surface area contributed by atoms with Crippen molar-refractivity contribution in [2.24, 2.45) is 0 Å². The van der Waals surface area contributed by atoms with E-state index in [-0.39, 0.29) is 11.9 Å².